The molecule has 27 heavy (non-hydrogen) atoms. The first-order valence-corrected chi connectivity index (χ1v) is 10.1. The third-order valence-electron chi connectivity index (χ3n) is 5.39. The van der Waals surface area contributed by atoms with Crippen molar-refractivity contribution >= 4 is 17.5 Å². The van der Waals surface area contributed by atoms with E-state index >= 15 is 0 Å². The molecule has 1 N–H and O–H groups in total. The van der Waals surface area contributed by atoms with Crippen LogP contribution in [0.5, 0.6) is 0 Å². The van der Waals surface area contributed by atoms with Gasteiger partial charge in [-0.25, -0.2) is 0 Å². The van der Waals surface area contributed by atoms with Crippen molar-refractivity contribution in [1.29, 1.82) is 0 Å². The van der Waals surface area contributed by atoms with Gasteiger partial charge in [-0.3, -0.25) is 14.5 Å². The minimum Gasteiger partial charge on any atom is -0.378 e. The van der Waals surface area contributed by atoms with Crippen LogP contribution < -0.4 is 5.32 Å². The van der Waals surface area contributed by atoms with Crippen LogP contribution in [0.3, 0.4) is 0 Å². The van der Waals surface area contributed by atoms with Gasteiger partial charge in [0.2, 0.25) is 11.8 Å². The zero-order valence-corrected chi connectivity index (χ0v) is 16.3. The number of ether oxygens (including phenoxy) is 1. The molecule has 0 radical (unpaired) electrons. The van der Waals surface area contributed by atoms with Crippen LogP contribution in [-0.4, -0.2) is 67.0 Å². The number of carbonyl (C=O) groups is 2. The molecule has 2 heterocycles. The quantitative estimate of drug-likeness (QED) is 0.831. The van der Waals surface area contributed by atoms with E-state index < -0.39 is 0 Å². The summed E-state index contributed by atoms with van der Waals surface area (Å²) in [6.07, 6.45) is 4.97. The smallest absolute Gasteiger partial charge is 0.225 e. The Kier molecular flexibility index (Phi) is 7.24. The summed E-state index contributed by atoms with van der Waals surface area (Å²) in [5.41, 5.74) is 2.09. The van der Waals surface area contributed by atoms with Crippen molar-refractivity contribution < 1.29 is 14.3 Å². The molecule has 148 valence electrons. The zero-order chi connectivity index (χ0) is 19.1. The molecule has 0 bridgehead atoms. The Morgan fingerprint density at radius 2 is 1.85 bits per heavy atom. The normalized spacial score (nSPS) is 21.1. The molecule has 2 aliphatic heterocycles. The number of hydrogen-bond donors (Lipinski definition) is 1. The highest BCUT2D eigenvalue weighted by Crippen LogP contribution is 2.17. The van der Waals surface area contributed by atoms with Crippen LogP contribution in [0.1, 0.15) is 38.2 Å². The van der Waals surface area contributed by atoms with Crippen LogP contribution in [0.25, 0.3) is 0 Å². The van der Waals surface area contributed by atoms with Crippen molar-refractivity contribution in [2.24, 2.45) is 0 Å². The number of rotatable bonds is 6. The molecule has 2 aliphatic rings. The number of amides is 2. The molecular formula is C21H31N3O3. The van der Waals surface area contributed by atoms with Gasteiger partial charge in [-0.15, -0.1) is 0 Å². The molecular weight excluding hydrogens is 342 g/mol. The van der Waals surface area contributed by atoms with Crippen LogP contribution in [0.4, 0.5) is 5.69 Å². The van der Waals surface area contributed by atoms with E-state index in [4.69, 9.17) is 4.74 Å². The minimum absolute atomic E-state index is 0.0507. The molecule has 2 fully saturated rings. The lowest BCUT2D eigenvalue weighted by molar-refractivity contribution is -0.136. The van der Waals surface area contributed by atoms with Crippen LogP contribution in [0.15, 0.2) is 24.3 Å². The van der Waals surface area contributed by atoms with Crippen LogP contribution in [0.2, 0.25) is 0 Å². The third kappa shape index (κ3) is 6.33. The van der Waals surface area contributed by atoms with Gasteiger partial charge in [-0.1, -0.05) is 12.1 Å². The number of piperazine rings is 1. The Bertz CT molecular complexity index is 618. The molecule has 1 unspecified atom stereocenters. The highest BCUT2D eigenvalue weighted by atomic mass is 16.5. The summed E-state index contributed by atoms with van der Waals surface area (Å²) in [5.74, 6) is 0.195. The molecule has 6 nitrogen and oxygen atoms in total. The first-order chi connectivity index (χ1) is 13.1. The lowest BCUT2D eigenvalue weighted by Gasteiger charge is -2.35. The fraction of sp³-hybridized carbons (Fsp3) is 0.619. The Morgan fingerprint density at radius 1 is 1.11 bits per heavy atom. The van der Waals surface area contributed by atoms with Crippen molar-refractivity contribution in [2.45, 2.75) is 45.1 Å². The number of nitrogens with one attached hydrogen (secondary N) is 1. The van der Waals surface area contributed by atoms with Crippen molar-refractivity contribution in [1.82, 2.24) is 9.80 Å². The largest absolute Gasteiger partial charge is 0.378 e. The van der Waals surface area contributed by atoms with E-state index in [2.05, 4.69) is 22.3 Å². The van der Waals surface area contributed by atoms with Crippen molar-refractivity contribution in [3.63, 3.8) is 0 Å². The molecule has 1 aromatic rings. The van der Waals surface area contributed by atoms with Crippen molar-refractivity contribution in [3.05, 3.63) is 29.8 Å². The van der Waals surface area contributed by atoms with Crippen molar-refractivity contribution in [3.8, 4) is 0 Å². The maximum atomic E-state index is 12.5. The average Bonchev–Trinajstić information content (AvgIpc) is 2.68. The fourth-order valence-electron chi connectivity index (χ4n) is 3.76. The molecule has 1 atom stereocenters. The molecule has 0 aliphatic carbocycles. The van der Waals surface area contributed by atoms with E-state index in [1.807, 2.05) is 17.0 Å². The minimum atomic E-state index is -0.0507. The Hall–Kier alpha value is -1.92. The molecule has 3 rings (SSSR count). The van der Waals surface area contributed by atoms with E-state index in [0.29, 0.717) is 6.42 Å². The van der Waals surface area contributed by atoms with E-state index in [1.54, 1.807) is 0 Å². The van der Waals surface area contributed by atoms with E-state index in [9.17, 15) is 9.59 Å². The second-order valence-electron chi connectivity index (χ2n) is 7.54. The molecule has 0 saturated carbocycles. The molecule has 2 saturated heterocycles. The van der Waals surface area contributed by atoms with Gasteiger partial charge >= 0.3 is 0 Å². The van der Waals surface area contributed by atoms with E-state index in [0.717, 1.165) is 64.3 Å². The van der Waals surface area contributed by atoms with Crippen molar-refractivity contribution in [2.75, 3.05) is 44.6 Å². The SMILES string of the molecule is CC(=O)Nc1ccc(CCN2CCN(C(=O)CC3CCCCO3)CC2)cc1. The highest BCUT2D eigenvalue weighted by Gasteiger charge is 2.24. The summed E-state index contributed by atoms with van der Waals surface area (Å²) in [7, 11) is 0. The summed E-state index contributed by atoms with van der Waals surface area (Å²) in [6.45, 7) is 6.80. The summed E-state index contributed by atoms with van der Waals surface area (Å²) < 4.78 is 5.70. The van der Waals surface area contributed by atoms with Gasteiger partial charge in [0.15, 0.2) is 0 Å². The predicted octanol–water partition coefficient (Wildman–Crippen LogP) is 2.29. The van der Waals surface area contributed by atoms with Gasteiger partial charge < -0.3 is 15.0 Å². The third-order valence-corrected chi connectivity index (χ3v) is 5.39. The van der Waals surface area contributed by atoms with Crippen LogP contribution in [0, 0.1) is 0 Å². The number of carbonyl (C=O) groups excluding carboxylic acids is 2. The summed E-state index contributed by atoms with van der Waals surface area (Å²) in [5, 5.41) is 2.79. The number of benzene rings is 1. The topological polar surface area (TPSA) is 61.9 Å². The van der Waals surface area contributed by atoms with Gasteiger partial charge in [0.05, 0.1) is 12.5 Å². The summed E-state index contributed by atoms with van der Waals surface area (Å²) in [6, 6.07) is 8.02. The number of anilines is 1. The number of hydrogen-bond acceptors (Lipinski definition) is 4. The standard InChI is InChI=1S/C21H31N3O3/c1-17(25)22-19-7-5-18(6-8-19)9-10-23-11-13-24(14-12-23)21(26)16-20-4-2-3-15-27-20/h5-8,20H,2-4,9-16H2,1H3,(H,22,25). The molecule has 2 amide bonds. The Labute approximate surface area is 161 Å². The lowest BCUT2D eigenvalue weighted by atomic mass is 10.1. The number of nitrogens with zero attached hydrogens (tertiary/aromatic N) is 2. The van der Waals surface area contributed by atoms with Gasteiger partial charge in [0, 0.05) is 51.9 Å². The maximum Gasteiger partial charge on any atom is 0.225 e. The monoisotopic (exact) mass is 373 g/mol. The van der Waals surface area contributed by atoms with Gasteiger partial charge in [-0.2, -0.15) is 0 Å². The van der Waals surface area contributed by atoms with Crippen LogP contribution in [-0.2, 0) is 20.7 Å². The first kappa shape index (κ1) is 19.8. The Morgan fingerprint density at radius 3 is 2.48 bits per heavy atom. The second kappa shape index (κ2) is 9.85. The van der Waals surface area contributed by atoms with Crippen LogP contribution >= 0.6 is 0 Å². The fourth-order valence-corrected chi connectivity index (χ4v) is 3.76. The average molecular weight is 373 g/mol. The molecule has 0 aromatic heterocycles. The molecule has 6 heteroatoms. The Balaban J connectivity index is 1.36. The lowest BCUT2D eigenvalue weighted by Crippen LogP contribution is -2.49. The summed E-state index contributed by atoms with van der Waals surface area (Å²) in [4.78, 5) is 27.9. The van der Waals surface area contributed by atoms with Gasteiger partial charge in [-0.05, 0) is 43.4 Å². The first-order valence-electron chi connectivity index (χ1n) is 10.1. The second-order valence-corrected chi connectivity index (χ2v) is 7.54. The summed E-state index contributed by atoms with van der Waals surface area (Å²) >= 11 is 0. The van der Waals surface area contributed by atoms with E-state index in [1.165, 1.54) is 18.9 Å². The zero-order valence-electron chi connectivity index (χ0n) is 16.3. The molecule has 0 spiro atoms. The predicted molar refractivity (Wildman–Crippen MR) is 106 cm³/mol. The van der Waals surface area contributed by atoms with E-state index in [-0.39, 0.29) is 17.9 Å². The highest BCUT2D eigenvalue weighted by molar-refractivity contribution is 5.88. The molecule has 1 aromatic carbocycles. The van der Waals surface area contributed by atoms with Gasteiger partial charge in [0.25, 0.3) is 0 Å². The van der Waals surface area contributed by atoms with Gasteiger partial charge in [0.1, 0.15) is 0 Å². The maximum absolute atomic E-state index is 12.5.